The van der Waals surface area contributed by atoms with Crippen LogP contribution in [0.2, 0.25) is 0 Å². The van der Waals surface area contributed by atoms with Gasteiger partial charge in [-0.3, -0.25) is 0 Å². The number of nitrogens with one attached hydrogen (secondary N) is 1. The molecule has 0 saturated carbocycles. The Morgan fingerprint density at radius 3 is 2.71 bits per heavy atom. The van der Waals surface area contributed by atoms with Gasteiger partial charge in [0.15, 0.2) is 0 Å². The van der Waals surface area contributed by atoms with E-state index in [4.69, 9.17) is 0 Å². The average molecular weight is 607 g/mol. The minimum atomic E-state index is 0.405. The quantitative estimate of drug-likeness (QED) is 0.223. The van der Waals surface area contributed by atoms with E-state index in [2.05, 4.69) is 115 Å². The van der Waals surface area contributed by atoms with Crippen LogP contribution in [-0.4, -0.2) is 6.17 Å². The number of allylic oxidation sites excluding steroid dienone is 8. The van der Waals surface area contributed by atoms with Crippen molar-refractivity contribution in [3.63, 3.8) is 0 Å². The third-order valence-electron chi connectivity index (χ3n) is 12.2. The summed E-state index contributed by atoms with van der Waals surface area (Å²) >= 11 is 2.01. The van der Waals surface area contributed by atoms with Crippen LogP contribution >= 0.6 is 11.3 Å². The molecule has 0 spiro atoms. The van der Waals surface area contributed by atoms with Gasteiger partial charge in [-0.05, 0) is 115 Å². The van der Waals surface area contributed by atoms with E-state index in [1.807, 2.05) is 11.3 Å². The van der Waals surface area contributed by atoms with Crippen LogP contribution in [0.15, 0.2) is 109 Å². The summed E-state index contributed by atoms with van der Waals surface area (Å²) in [7, 11) is 0. The summed E-state index contributed by atoms with van der Waals surface area (Å²) in [4.78, 5) is 3.23. The van der Waals surface area contributed by atoms with E-state index in [1.54, 1.807) is 32.7 Å². The first kappa shape index (κ1) is 26.7. The minimum Gasteiger partial charge on any atom is -0.243 e. The van der Waals surface area contributed by atoms with Crippen molar-refractivity contribution >= 4 is 38.3 Å². The summed E-state index contributed by atoms with van der Waals surface area (Å²) < 4.78 is 1.49. The van der Waals surface area contributed by atoms with Gasteiger partial charge in [-0.25, -0.2) is 10.2 Å². The van der Waals surface area contributed by atoms with Gasteiger partial charge in [0.05, 0.1) is 11.5 Å². The highest BCUT2D eigenvalue weighted by Gasteiger charge is 2.56. The molecule has 0 amide bonds. The van der Waals surface area contributed by atoms with Crippen molar-refractivity contribution in [2.45, 2.75) is 63.2 Å². The van der Waals surface area contributed by atoms with E-state index < -0.39 is 0 Å². The summed E-state index contributed by atoms with van der Waals surface area (Å²) in [5.74, 6) is 3.09. The molecule has 224 valence electrons. The van der Waals surface area contributed by atoms with Crippen molar-refractivity contribution in [2.24, 2.45) is 23.7 Å². The fourth-order valence-corrected chi connectivity index (χ4v) is 11.2. The third-order valence-corrected chi connectivity index (χ3v) is 13.4. The molecule has 3 heteroatoms. The second-order valence-electron chi connectivity index (χ2n) is 14.5. The molecule has 1 fully saturated rings. The summed E-state index contributed by atoms with van der Waals surface area (Å²) in [6.07, 6.45) is 32.1. The Labute approximate surface area is 270 Å². The largest absolute Gasteiger partial charge is 0.252 e. The topological polar surface area (TPSA) is 21.1 Å². The normalized spacial score (nSPS) is 32.8. The number of hydrogen-bond donors (Lipinski definition) is 2. The number of rotatable bonds is 3. The molecule has 8 atom stereocenters. The number of fused-ring (bicyclic) bond motifs is 9. The second kappa shape index (κ2) is 10.5. The SMILES string of the molecule is C1=CC2c3c(ccc4sc5c(c34)CCC=C5)CCC2C([NH+]2C(c3ccc4ccccc4c3)[NH2+]C2C2C=CC3CCC=CC3C2)=C1. The van der Waals surface area contributed by atoms with Gasteiger partial charge in [0.25, 0.3) is 6.17 Å². The Balaban J connectivity index is 1.06. The summed E-state index contributed by atoms with van der Waals surface area (Å²) in [5, 5.41) is 7.03. The molecule has 6 aliphatic rings. The Kier molecular flexibility index (Phi) is 6.24. The number of hydrogen-bond acceptors (Lipinski definition) is 1. The van der Waals surface area contributed by atoms with Crippen molar-refractivity contribution in [3.8, 4) is 0 Å². The number of benzene rings is 3. The van der Waals surface area contributed by atoms with Gasteiger partial charge in [0.1, 0.15) is 5.70 Å². The molecule has 5 aliphatic carbocycles. The maximum absolute atomic E-state index is 2.73. The van der Waals surface area contributed by atoms with Crippen molar-refractivity contribution in [3.05, 3.63) is 136 Å². The van der Waals surface area contributed by atoms with Crippen LogP contribution in [0.1, 0.15) is 71.3 Å². The van der Waals surface area contributed by atoms with Gasteiger partial charge in [-0.15, -0.1) is 11.3 Å². The molecule has 8 unspecified atom stereocenters. The Bertz CT molecular complexity index is 1990. The highest BCUT2D eigenvalue weighted by atomic mass is 32.1. The van der Waals surface area contributed by atoms with Crippen LogP contribution in [0.3, 0.4) is 0 Å². The maximum atomic E-state index is 2.73. The first-order valence-corrected chi connectivity index (χ1v) is 18.3. The van der Waals surface area contributed by atoms with Crippen LogP contribution in [0.4, 0.5) is 0 Å². The lowest BCUT2D eigenvalue weighted by Crippen LogP contribution is -3.44. The summed E-state index contributed by atoms with van der Waals surface area (Å²) in [5.41, 5.74) is 8.02. The van der Waals surface area contributed by atoms with Gasteiger partial charge in [-0.2, -0.15) is 0 Å². The maximum Gasteiger partial charge on any atom is 0.252 e. The predicted molar refractivity (Wildman–Crippen MR) is 187 cm³/mol. The van der Waals surface area contributed by atoms with Gasteiger partial charge < -0.3 is 0 Å². The fraction of sp³-hybridized carbons (Fsp3) is 0.333. The van der Waals surface area contributed by atoms with Crippen molar-refractivity contribution in [2.75, 3.05) is 0 Å². The molecule has 1 aliphatic heterocycles. The summed E-state index contributed by atoms with van der Waals surface area (Å²) in [6.45, 7) is 0. The molecule has 0 radical (unpaired) electrons. The second-order valence-corrected chi connectivity index (χ2v) is 15.5. The first-order valence-electron chi connectivity index (χ1n) is 17.5. The molecule has 45 heavy (non-hydrogen) atoms. The molecule has 2 nitrogen and oxygen atoms in total. The number of aryl methyl sites for hydroxylation is 2. The van der Waals surface area contributed by atoms with Crippen molar-refractivity contribution < 1.29 is 10.2 Å². The summed E-state index contributed by atoms with van der Waals surface area (Å²) in [6, 6.07) is 21.0. The highest BCUT2D eigenvalue weighted by Crippen LogP contribution is 2.49. The predicted octanol–water partition coefficient (Wildman–Crippen LogP) is 7.76. The van der Waals surface area contributed by atoms with Crippen LogP contribution < -0.4 is 10.2 Å². The number of quaternary nitrogens is 2. The number of thiophene rings is 1. The van der Waals surface area contributed by atoms with Crippen LogP contribution in [0, 0.1) is 23.7 Å². The Hall–Kier alpha value is -3.50. The van der Waals surface area contributed by atoms with Gasteiger partial charge in [0.2, 0.25) is 6.17 Å². The lowest BCUT2D eigenvalue weighted by atomic mass is 9.69. The fourth-order valence-electron chi connectivity index (χ4n) is 10.0. The molecule has 1 aromatic heterocycles. The molecular weight excluding hydrogens is 565 g/mol. The molecule has 4 aromatic rings. The molecule has 3 aromatic carbocycles. The van der Waals surface area contributed by atoms with Gasteiger partial charge in [0, 0.05) is 26.8 Å². The smallest absolute Gasteiger partial charge is 0.243 e. The Morgan fingerprint density at radius 1 is 0.800 bits per heavy atom. The van der Waals surface area contributed by atoms with E-state index in [-0.39, 0.29) is 0 Å². The van der Waals surface area contributed by atoms with Crippen LogP contribution in [0.25, 0.3) is 26.9 Å². The highest BCUT2D eigenvalue weighted by molar-refractivity contribution is 7.20. The third kappa shape index (κ3) is 4.20. The molecule has 2 heterocycles. The first-order chi connectivity index (χ1) is 22.3. The minimum absolute atomic E-state index is 0.405. The van der Waals surface area contributed by atoms with E-state index in [0.717, 1.165) is 5.92 Å². The molecule has 1 saturated heterocycles. The van der Waals surface area contributed by atoms with Gasteiger partial charge in [-0.1, -0.05) is 78.9 Å². The van der Waals surface area contributed by atoms with Gasteiger partial charge >= 0.3 is 0 Å². The lowest BCUT2D eigenvalue weighted by molar-refractivity contribution is -1.23. The Morgan fingerprint density at radius 2 is 1.73 bits per heavy atom. The number of nitrogens with two attached hydrogens (primary N) is 1. The monoisotopic (exact) mass is 606 g/mol. The zero-order valence-electron chi connectivity index (χ0n) is 25.9. The van der Waals surface area contributed by atoms with E-state index >= 15 is 0 Å². The van der Waals surface area contributed by atoms with Crippen molar-refractivity contribution in [1.29, 1.82) is 0 Å². The average Bonchev–Trinajstić information content (AvgIpc) is 3.47. The zero-order valence-corrected chi connectivity index (χ0v) is 26.7. The van der Waals surface area contributed by atoms with E-state index in [9.17, 15) is 0 Å². The standard InChI is InChI=1S/C42H40N2S/c1-3-10-29-24-31(18-16-26(29)8-1)41-43-42(32-19-17-27-9-2-4-11-30(27)25-32)44(41)36-14-7-13-34-33(36)22-20-28-21-23-38-40(39(28)34)35-12-5-6-15-37(35)45-38/h1,3-4,6-8,10-11,13-19,21,23-24,27,30,32-34,41-43H,2,5,9,12,20,22,25H2/p+2. The lowest BCUT2D eigenvalue weighted by Gasteiger charge is -2.49. The van der Waals surface area contributed by atoms with Crippen molar-refractivity contribution in [1.82, 2.24) is 0 Å². The van der Waals surface area contributed by atoms with Crippen LogP contribution in [-0.2, 0) is 12.8 Å². The van der Waals surface area contributed by atoms with Crippen LogP contribution in [0.5, 0.6) is 0 Å². The zero-order chi connectivity index (χ0) is 29.5. The molecule has 0 bridgehead atoms. The van der Waals surface area contributed by atoms with E-state index in [1.165, 1.54) is 70.9 Å². The van der Waals surface area contributed by atoms with E-state index in [0.29, 0.717) is 36.0 Å². The molecule has 3 N–H and O–H groups in total. The molecule has 10 rings (SSSR count). The molecular formula is C42H42N2S+2.